The zero-order valence-corrected chi connectivity index (χ0v) is 19.0. The number of hydrogen-bond acceptors (Lipinski definition) is 7. The second-order valence-electron chi connectivity index (χ2n) is 8.15. The quantitative estimate of drug-likeness (QED) is 0.263. The smallest absolute Gasteiger partial charge is 0.270 e. The number of carbonyl (C=O) groups excluding carboxylic acids is 3. The van der Waals surface area contributed by atoms with Gasteiger partial charge < -0.3 is 4.90 Å². The number of carbonyl (C=O) groups is 3. The second-order valence-corrected chi connectivity index (χ2v) is 9.06. The zero-order chi connectivity index (χ0) is 24.1. The van der Waals surface area contributed by atoms with Crippen LogP contribution in [0.3, 0.4) is 0 Å². The minimum Gasteiger partial charge on any atom is -0.359 e. The predicted molar refractivity (Wildman–Crippen MR) is 123 cm³/mol. The number of Topliss-reactive ketones (excluding diaryl/α,β-unsaturated/α-hetero) is 1. The number of ketones is 1. The maximum absolute atomic E-state index is 13.6. The number of hydrogen-bond donors (Lipinski definition) is 0. The number of allylic oxidation sites excluding steroid dienone is 2. The van der Waals surface area contributed by atoms with Crippen LogP contribution in [0.2, 0.25) is 0 Å². The fourth-order valence-electron chi connectivity index (χ4n) is 4.93. The van der Waals surface area contributed by atoms with Gasteiger partial charge in [0, 0.05) is 28.4 Å². The molecule has 2 fully saturated rings. The lowest BCUT2D eigenvalue weighted by Gasteiger charge is -2.32. The first-order chi connectivity index (χ1) is 16.3. The van der Waals surface area contributed by atoms with Gasteiger partial charge in [-0.25, -0.2) is 4.90 Å². The van der Waals surface area contributed by atoms with E-state index in [0.717, 1.165) is 4.90 Å². The molecule has 0 radical (unpaired) electrons. The molecule has 0 aliphatic carbocycles. The molecule has 4 atom stereocenters. The van der Waals surface area contributed by atoms with E-state index in [-0.39, 0.29) is 11.3 Å². The van der Waals surface area contributed by atoms with Crippen LogP contribution in [0.15, 0.2) is 76.9 Å². The molecule has 168 valence electrons. The maximum atomic E-state index is 13.6. The van der Waals surface area contributed by atoms with Crippen LogP contribution in [-0.4, -0.2) is 39.5 Å². The van der Waals surface area contributed by atoms with Crippen molar-refractivity contribution in [2.75, 3.05) is 4.90 Å². The van der Waals surface area contributed by atoms with Gasteiger partial charge in [-0.1, -0.05) is 34.1 Å². The molecule has 34 heavy (non-hydrogen) atoms. The highest BCUT2D eigenvalue weighted by atomic mass is 79.9. The van der Waals surface area contributed by atoms with Crippen LogP contribution in [0.5, 0.6) is 0 Å². The van der Waals surface area contributed by atoms with Crippen LogP contribution in [0.1, 0.15) is 10.4 Å². The molecule has 0 aromatic heterocycles. The van der Waals surface area contributed by atoms with Gasteiger partial charge in [-0.15, -0.1) is 0 Å². The average Bonchev–Trinajstić information content (AvgIpc) is 3.30. The van der Waals surface area contributed by atoms with Crippen molar-refractivity contribution in [1.29, 1.82) is 5.26 Å². The van der Waals surface area contributed by atoms with Crippen LogP contribution in [0, 0.1) is 33.3 Å². The number of imide groups is 1. The van der Waals surface area contributed by atoms with Gasteiger partial charge in [0.05, 0.1) is 40.1 Å². The largest absolute Gasteiger partial charge is 0.359 e. The van der Waals surface area contributed by atoms with Crippen molar-refractivity contribution < 1.29 is 19.3 Å². The summed E-state index contributed by atoms with van der Waals surface area (Å²) < 4.78 is 0.681. The molecule has 3 aliphatic rings. The van der Waals surface area contributed by atoms with E-state index in [9.17, 15) is 29.8 Å². The summed E-state index contributed by atoms with van der Waals surface area (Å²) in [5.74, 6) is -3.38. The normalized spacial score (nSPS) is 25.0. The van der Waals surface area contributed by atoms with Crippen LogP contribution < -0.4 is 4.90 Å². The Morgan fingerprint density at radius 2 is 1.82 bits per heavy atom. The summed E-state index contributed by atoms with van der Waals surface area (Å²) in [6.45, 7) is 0. The summed E-state index contributed by atoms with van der Waals surface area (Å²) >= 11 is 3.35. The first-order valence-corrected chi connectivity index (χ1v) is 11.1. The molecule has 0 bridgehead atoms. The van der Waals surface area contributed by atoms with Gasteiger partial charge in [0.2, 0.25) is 11.8 Å². The van der Waals surface area contributed by atoms with Gasteiger partial charge >= 0.3 is 0 Å². The highest BCUT2D eigenvalue weighted by molar-refractivity contribution is 9.10. The highest BCUT2D eigenvalue weighted by Gasteiger charge is 2.63. The van der Waals surface area contributed by atoms with E-state index in [4.69, 9.17) is 0 Å². The molecule has 0 saturated carbocycles. The van der Waals surface area contributed by atoms with E-state index >= 15 is 0 Å². The first-order valence-electron chi connectivity index (χ1n) is 10.3. The van der Waals surface area contributed by atoms with Crippen LogP contribution in [0.4, 0.5) is 11.4 Å². The molecule has 2 aromatic carbocycles. The minimum atomic E-state index is -1.06. The van der Waals surface area contributed by atoms with Crippen molar-refractivity contribution in [2.45, 2.75) is 12.1 Å². The highest BCUT2D eigenvalue weighted by Crippen LogP contribution is 2.47. The lowest BCUT2D eigenvalue weighted by atomic mass is 9.86. The molecule has 3 aliphatic heterocycles. The Kier molecular flexibility index (Phi) is 5.14. The third-order valence-corrected chi connectivity index (χ3v) is 6.85. The summed E-state index contributed by atoms with van der Waals surface area (Å²) in [6, 6.07) is 12.4. The van der Waals surface area contributed by atoms with E-state index < -0.39 is 46.4 Å². The Bertz CT molecular complexity index is 1380. The molecule has 9 nitrogen and oxygen atoms in total. The van der Waals surface area contributed by atoms with Gasteiger partial charge in [0.1, 0.15) is 6.04 Å². The second kappa shape index (κ2) is 8.04. The number of fused-ring (bicyclic) bond motifs is 3. The lowest BCUT2D eigenvalue weighted by Crippen LogP contribution is -2.46. The number of anilines is 1. The van der Waals surface area contributed by atoms with Crippen molar-refractivity contribution >= 4 is 44.9 Å². The molecular formula is C24H15BrN4O5. The van der Waals surface area contributed by atoms with Crippen molar-refractivity contribution in [3.8, 4) is 6.07 Å². The molecule has 0 spiro atoms. The van der Waals surface area contributed by atoms with Crippen molar-refractivity contribution in [3.63, 3.8) is 0 Å². The summed E-state index contributed by atoms with van der Waals surface area (Å²) in [6.07, 6.45) is 4.66. The molecule has 2 aromatic rings. The standard InChI is InChI=1S/C24H15BrN4O5/c25-15-4-2-5-16(11-15)28-23(31)19-18-9-13(12-26)7-8-27(18)21(20(19)24(28)32)22(30)14-3-1-6-17(10-14)29(33)34/h1-11,18-21H/t18-,19+,20+,21-/m1/s1. The average molecular weight is 519 g/mol. The number of benzene rings is 2. The molecule has 0 unspecified atom stereocenters. The molecule has 10 heteroatoms. The lowest BCUT2D eigenvalue weighted by molar-refractivity contribution is -0.384. The van der Waals surface area contributed by atoms with E-state index in [1.54, 1.807) is 41.4 Å². The van der Waals surface area contributed by atoms with Gasteiger partial charge in [-0.05, 0) is 30.4 Å². The number of nitro groups is 1. The monoisotopic (exact) mass is 518 g/mol. The minimum absolute atomic E-state index is 0.0724. The fourth-order valence-corrected chi connectivity index (χ4v) is 5.32. The summed E-state index contributed by atoms with van der Waals surface area (Å²) in [7, 11) is 0. The summed E-state index contributed by atoms with van der Waals surface area (Å²) in [4.78, 5) is 54.1. The number of halogens is 1. The van der Waals surface area contributed by atoms with E-state index in [2.05, 4.69) is 15.9 Å². The van der Waals surface area contributed by atoms with E-state index in [1.807, 2.05) is 6.07 Å². The molecule has 5 rings (SSSR count). The van der Waals surface area contributed by atoms with Crippen LogP contribution in [-0.2, 0) is 9.59 Å². The first kappa shape index (κ1) is 21.7. The molecular weight excluding hydrogens is 504 g/mol. The molecule has 0 N–H and O–H groups in total. The number of amides is 2. The number of nitrogens with zero attached hydrogens (tertiary/aromatic N) is 4. The topological polar surface area (TPSA) is 125 Å². The molecule has 3 heterocycles. The maximum Gasteiger partial charge on any atom is 0.270 e. The van der Waals surface area contributed by atoms with Gasteiger partial charge in [0.15, 0.2) is 5.78 Å². The van der Waals surface area contributed by atoms with E-state index in [0.29, 0.717) is 15.7 Å². The Labute approximate surface area is 201 Å². The molecule has 2 amide bonds. The van der Waals surface area contributed by atoms with Crippen molar-refractivity contribution in [1.82, 2.24) is 4.90 Å². The van der Waals surface area contributed by atoms with Crippen molar-refractivity contribution in [2.24, 2.45) is 11.8 Å². The van der Waals surface area contributed by atoms with Gasteiger partial charge in [0.25, 0.3) is 5.69 Å². The Hall–Kier alpha value is -4.10. The summed E-state index contributed by atoms with van der Waals surface area (Å²) in [5.41, 5.74) is 0.526. The zero-order valence-electron chi connectivity index (χ0n) is 17.4. The van der Waals surface area contributed by atoms with Gasteiger partial charge in [-0.2, -0.15) is 5.26 Å². The Morgan fingerprint density at radius 3 is 2.53 bits per heavy atom. The predicted octanol–water partition coefficient (Wildman–Crippen LogP) is 3.38. The third-order valence-electron chi connectivity index (χ3n) is 6.35. The van der Waals surface area contributed by atoms with Gasteiger partial charge in [-0.3, -0.25) is 24.5 Å². The molecule has 2 saturated heterocycles. The SMILES string of the molecule is N#CC1=C[C@@H]2[C@@H]3C(=O)N(c4cccc(Br)c4)C(=O)[C@@H]3[C@H](C(=O)c3cccc([N+](=O)[O-])c3)N2C=C1. The number of rotatable bonds is 4. The third kappa shape index (κ3) is 3.24. The van der Waals surface area contributed by atoms with Crippen molar-refractivity contribution in [3.05, 3.63) is 92.6 Å². The number of nitriles is 1. The number of non-ortho nitro benzene ring substituents is 1. The Morgan fingerprint density at radius 1 is 1.09 bits per heavy atom. The van der Waals surface area contributed by atoms with Crippen LogP contribution in [0.25, 0.3) is 0 Å². The number of nitro benzene ring substituents is 1. The Balaban J connectivity index is 1.61. The fraction of sp³-hybridized carbons (Fsp3) is 0.167. The van der Waals surface area contributed by atoms with Crippen LogP contribution >= 0.6 is 15.9 Å². The van der Waals surface area contributed by atoms with E-state index in [1.165, 1.54) is 30.3 Å². The summed E-state index contributed by atoms with van der Waals surface area (Å²) in [5, 5.41) is 20.6.